The normalized spacial score (nSPS) is 33.6. The summed E-state index contributed by atoms with van der Waals surface area (Å²) in [6, 6.07) is 0. The number of halogens is 1. The lowest BCUT2D eigenvalue weighted by Gasteiger charge is -2.10. The molecule has 1 saturated heterocycles. The molecule has 0 N–H and O–H groups in total. The van der Waals surface area contributed by atoms with Crippen molar-refractivity contribution in [2.24, 2.45) is 11.8 Å². The predicted molar refractivity (Wildman–Crippen MR) is 51.6 cm³/mol. The van der Waals surface area contributed by atoms with Crippen LogP contribution in [-0.2, 0) is 4.74 Å². The summed E-state index contributed by atoms with van der Waals surface area (Å²) < 4.78 is 6.72. The molecule has 2 atom stereocenters. The standard InChI is InChI=1S/C8H15IO/c1-6(2)7-3-8(4-9)10-5-7/h6-8H,3-5H2,1-2H3/t7-,8-/m1/s1. The van der Waals surface area contributed by atoms with E-state index in [1.54, 1.807) is 0 Å². The number of ether oxygens (including phenoxy) is 1. The summed E-state index contributed by atoms with van der Waals surface area (Å²) in [4.78, 5) is 0. The second-order valence-corrected chi connectivity index (χ2v) is 4.23. The van der Waals surface area contributed by atoms with Crippen molar-refractivity contribution in [3.63, 3.8) is 0 Å². The van der Waals surface area contributed by atoms with Gasteiger partial charge < -0.3 is 4.74 Å². The topological polar surface area (TPSA) is 9.23 Å². The van der Waals surface area contributed by atoms with Crippen LogP contribution in [0.3, 0.4) is 0 Å². The Balaban J connectivity index is 2.28. The van der Waals surface area contributed by atoms with Crippen LogP contribution in [0.4, 0.5) is 0 Å². The molecule has 0 aliphatic carbocycles. The Labute approximate surface area is 76.7 Å². The van der Waals surface area contributed by atoms with Crippen LogP contribution in [0, 0.1) is 11.8 Å². The molecule has 1 fully saturated rings. The monoisotopic (exact) mass is 254 g/mol. The lowest BCUT2D eigenvalue weighted by Crippen LogP contribution is -2.08. The van der Waals surface area contributed by atoms with Crippen LogP contribution in [0.25, 0.3) is 0 Å². The van der Waals surface area contributed by atoms with E-state index in [2.05, 4.69) is 36.4 Å². The average Bonchev–Trinajstić information content (AvgIpc) is 2.34. The molecule has 0 radical (unpaired) electrons. The van der Waals surface area contributed by atoms with E-state index >= 15 is 0 Å². The highest BCUT2D eigenvalue weighted by Crippen LogP contribution is 2.26. The Kier molecular flexibility index (Phi) is 3.43. The molecule has 0 bridgehead atoms. The van der Waals surface area contributed by atoms with Gasteiger partial charge in [0.2, 0.25) is 0 Å². The van der Waals surface area contributed by atoms with Gasteiger partial charge in [0.25, 0.3) is 0 Å². The van der Waals surface area contributed by atoms with E-state index < -0.39 is 0 Å². The fraction of sp³-hybridized carbons (Fsp3) is 1.00. The zero-order valence-electron chi connectivity index (χ0n) is 6.64. The van der Waals surface area contributed by atoms with E-state index in [-0.39, 0.29) is 0 Å². The maximum absolute atomic E-state index is 5.57. The fourth-order valence-corrected chi connectivity index (χ4v) is 1.92. The van der Waals surface area contributed by atoms with Gasteiger partial charge in [-0.05, 0) is 18.3 Å². The highest BCUT2D eigenvalue weighted by Gasteiger charge is 2.26. The van der Waals surface area contributed by atoms with E-state index in [4.69, 9.17) is 4.74 Å². The van der Waals surface area contributed by atoms with Crippen LogP contribution in [0.5, 0.6) is 0 Å². The van der Waals surface area contributed by atoms with Gasteiger partial charge in [-0.15, -0.1) is 0 Å². The lowest BCUT2D eigenvalue weighted by atomic mass is 9.94. The first-order valence-electron chi connectivity index (χ1n) is 3.91. The van der Waals surface area contributed by atoms with E-state index in [1.807, 2.05) is 0 Å². The molecule has 0 aromatic carbocycles. The van der Waals surface area contributed by atoms with Crippen LogP contribution in [0.2, 0.25) is 0 Å². The van der Waals surface area contributed by atoms with Gasteiger partial charge >= 0.3 is 0 Å². The van der Waals surface area contributed by atoms with Gasteiger partial charge in [-0.25, -0.2) is 0 Å². The molecule has 0 saturated carbocycles. The third-order valence-electron chi connectivity index (χ3n) is 2.23. The lowest BCUT2D eigenvalue weighted by molar-refractivity contribution is 0.121. The third-order valence-corrected chi connectivity index (χ3v) is 3.21. The number of rotatable bonds is 2. The molecule has 0 spiro atoms. The van der Waals surface area contributed by atoms with E-state index in [9.17, 15) is 0 Å². The average molecular weight is 254 g/mol. The van der Waals surface area contributed by atoms with Crippen LogP contribution < -0.4 is 0 Å². The largest absolute Gasteiger partial charge is 0.377 e. The number of alkyl halides is 1. The Hall–Kier alpha value is 0.690. The molecule has 0 unspecified atom stereocenters. The minimum absolute atomic E-state index is 0.549. The van der Waals surface area contributed by atoms with Crippen molar-refractivity contribution in [3.8, 4) is 0 Å². The molecule has 2 heteroatoms. The molecule has 1 rings (SSSR count). The Morgan fingerprint density at radius 1 is 1.60 bits per heavy atom. The van der Waals surface area contributed by atoms with Crippen molar-refractivity contribution in [2.45, 2.75) is 26.4 Å². The zero-order chi connectivity index (χ0) is 7.56. The maximum atomic E-state index is 5.57. The summed E-state index contributed by atoms with van der Waals surface area (Å²) in [6.07, 6.45) is 1.83. The Morgan fingerprint density at radius 3 is 2.60 bits per heavy atom. The second kappa shape index (κ2) is 3.90. The minimum atomic E-state index is 0.549. The zero-order valence-corrected chi connectivity index (χ0v) is 8.80. The molecular formula is C8H15IO. The van der Waals surface area contributed by atoms with E-state index in [0.717, 1.165) is 22.9 Å². The van der Waals surface area contributed by atoms with Gasteiger partial charge in [-0.3, -0.25) is 0 Å². The first kappa shape index (κ1) is 8.78. The molecule has 60 valence electrons. The van der Waals surface area contributed by atoms with Gasteiger partial charge in [0.15, 0.2) is 0 Å². The minimum Gasteiger partial charge on any atom is -0.377 e. The summed E-state index contributed by atoms with van der Waals surface area (Å²) in [5.41, 5.74) is 0. The number of hydrogen-bond donors (Lipinski definition) is 0. The van der Waals surface area contributed by atoms with Crippen molar-refractivity contribution in [2.75, 3.05) is 11.0 Å². The summed E-state index contributed by atoms with van der Waals surface area (Å²) in [7, 11) is 0. The third kappa shape index (κ3) is 2.09. The Bertz CT molecular complexity index is 103. The Morgan fingerprint density at radius 2 is 2.30 bits per heavy atom. The summed E-state index contributed by atoms with van der Waals surface area (Å²) in [5, 5.41) is 0. The van der Waals surface area contributed by atoms with Gasteiger partial charge in [-0.2, -0.15) is 0 Å². The van der Waals surface area contributed by atoms with Gasteiger partial charge in [-0.1, -0.05) is 36.4 Å². The molecule has 0 aromatic rings. The highest BCUT2D eigenvalue weighted by atomic mass is 127. The highest BCUT2D eigenvalue weighted by molar-refractivity contribution is 14.1. The van der Waals surface area contributed by atoms with Crippen LogP contribution >= 0.6 is 22.6 Å². The molecule has 1 aliphatic rings. The molecule has 0 amide bonds. The van der Waals surface area contributed by atoms with Crippen molar-refractivity contribution in [1.29, 1.82) is 0 Å². The van der Waals surface area contributed by atoms with E-state index in [1.165, 1.54) is 6.42 Å². The molecule has 0 aromatic heterocycles. The fourth-order valence-electron chi connectivity index (χ4n) is 1.31. The quantitative estimate of drug-likeness (QED) is 0.543. The molecule has 10 heavy (non-hydrogen) atoms. The first-order chi connectivity index (χ1) is 4.74. The smallest absolute Gasteiger partial charge is 0.0668 e. The van der Waals surface area contributed by atoms with Crippen molar-refractivity contribution >= 4 is 22.6 Å². The van der Waals surface area contributed by atoms with E-state index in [0.29, 0.717) is 6.10 Å². The first-order valence-corrected chi connectivity index (χ1v) is 5.44. The second-order valence-electron chi connectivity index (χ2n) is 3.35. The van der Waals surface area contributed by atoms with Crippen molar-refractivity contribution in [3.05, 3.63) is 0 Å². The number of hydrogen-bond acceptors (Lipinski definition) is 1. The van der Waals surface area contributed by atoms with Crippen molar-refractivity contribution < 1.29 is 4.74 Å². The molecular weight excluding hydrogens is 239 g/mol. The summed E-state index contributed by atoms with van der Waals surface area (Å²) in [6.45, 7) is 5.55. The van der Waals surface area contributed by atoms with Gasteiger partial charge in [0.1, 0.15) is 0 Å². The summed E-state index contributed by atoms with van der Waals surface area (Å²) >= 11 is 2.40. The van der Waals surface area contributed by atoms with Crippen LogP contribution in [0.15, 0.2) is 0 Å². The maximum Gasteiger partial charge on any atom is 0.0668 e. The van der Waals surface area contributed by atoms with Crippen LogP contribution in [0.1, 0.15) is 20.3 Å². The van der Waals surface area contributed by atoms with Crippen molar-refractivity contribution in [1.82, 2.24) is 0 Å². The molecule has 1 aliphatic heterocycles. The van der Waals surface area contributed by atoms with Gasteiger partial charge in [0, 0.05) is 4.43 Å². The predicted octanol–water partition coefficient (Wildman–Crippen LogP) is 2.48. The summed E-state index contributed by atoms with van der Waals surface area (Å²) in [5.74, 6) is 1.62. The SMILES string of the molecule is CC(C)[C@H]1CO[C@@H](CI)C1. The molecule has 1 nitrogen and oxygen atoms in total. The van der Waals surface area contributed by atoms with Crippen LogP contribution in [-0.4, -0.2) is 17.1 Å². The van der Waals surface area contributed by atoms with Gasteiger partial charge in [0.05, 0.1) is 12.7 Å². The molecule has 1 heterocycles.